The molecule has 4 heteroatoms. The quantitative estimate of drug-likeness (QED) is 0.833. The second kappa shape index (κ2) is 4.28. The lowest BCUT2D eigenvalue weighted by Gasteiger charge is -2.50. The molecule has 0 unspecified atom stereocenters. The summed E-state index contributed by atoms with van der Waals surface area (Å²) in [6, 6.07) is 4.81. The average molecular weight is 248 g/mol. The Hall–Kier alpha value is -1.55. The summed E-state index contributed by atoms with van der Waals surface area (Å²) in [7, 11) is 0. The van der Waals surface area contributed by atoms with Crippen molar-refractivity contribution >= 4 is 5.91 Å². The lowest BCUT2D eigenvalue weighted by Crippen LogP contribution is -2.71. The minimum Gasteiger partial charge on any atom is -0.508 e. The van der Waals surface area contributed by atoms with Gasteiger partial charge in [0.1, 0.15) is 5.75 Å². The van der Waals surface area contributed by atoms with Gasteiger partial charge in [0.2, 0.25) is 0 Å². The standard InChI is InChI=1S/C14H20N2O2/c1-9(2)14(15)7-16(8-14)13(18)12-5-4-11(17)6-10(12)3/h4-6,9,17H,7-8,15H2,1-3H3. The predicted molar refractivity (Wildman–Crippen MR) is 70.5 cm³/mol. The molecule has 0 aliphatic carbocycles. The van der Waals surface area contributed by atoms with Crippen molar-refractivity contribution in [1.29, 1.82) is 0 Å². The smallest absolute Gasteiger partial charge is 0.254 e. The van der Waals surface area contributed by atoms with Gasteiger partial charge < -0.3 is 15.7 Å². The van der Waals surface area contributed by atoms with E-state index in [-0.39, 0.29) is 17.2 Å². The van der Waals surface area contributed by atoms with Gasteiger partial charge in [-0.1, -0.05) is 13.8 Å². The Morgan fingerprint density at radius 2 is 2.06 bits per heavy atom. The Balaban J connectivity index is 2.11. The molecular formula is C14H20N2O2. The van der Waals surface area contributed by atoms with E-state index in [0.29, 0.717) is 24.6 Å². The van der Waals surface area contributed by atoms with Crippen molar-refractivity contribution in [3.05, 3.63) is 29.3 Å². The molecule has 0 bridgehead atoms. The summed E-state index contributed by atoms with van der Waals surface area (Å²) in [5.74, 6) is 0.541. The first-order valence-corrected chi connectivity index (χ1v) is 6.21. The Kier molecular flexibility index (Phi) is 3.07. The number of carbonyl (C=O) groups is 1. The van der Waals surface area contributed by atoms with E-state index in [9.17, 15) is 9.90 Å². The van der Waals surface area contributed by atoms with Gasteiger partial charge in [0.25, 0.3) is 5.91 Å². The van der Waals surface area contributed by atoms with E-state index in [2.05, 4.69) is 13.8 Å². The molecule has 1 aromatic carbocycles. The molecule has 1 aliphatic rings. The van der Waals surface area contributed by atoms with E-state index in [4.69, 9.17) is 5.73 Å². The third kappa shape index (κ3) is 2.08. The van der Waals surface area contributed by atoms with Gasteiger partial charge in [-0.2, -0.15) is 0 Å². The van der Waals surface area contributed by atoms with Crippen molar-refractivity contribution in [3.63, 3.8) is 0 Å². The first-order valence-electron chi connectivity index (χ1n) is 6.21. The van der Waals surface area contributed by atoms with Crippen LogP contribution in [0.25, 0.3) is 0 Å². The van der Waals surface area contributed by atoms with Gasteiger partial charge in [-0.25, -0.2) is 0 Å². The monoisotopic (exact) mass is 248 g/mol. The van der Waals surface area contributed by atoms with Gasteiger partial charge in [-0.3, -0.25) is 4.79 Å². The van der Waals surface area contributed by atoms with Crippen LogP contribution in [0.3, 0.4) is 0 Å². The van der Waals surface area contributed by atoms with Crippen LogP contribution in [0.1, 0.15) is 29.8 Å². The van der Waals surface area contributed by atoms with E-state index in [1.54, 1.807) is 17.0 Å². The number of hydrogen-bond acceptors (Lipinski definition) is 3. The maximum atomic E-state index is 12.3. The molecule has 18 heavy (non-hydrogen) atoms. The highest BCUT2D eigenvalue weighted by atomic mass is 16.3. The highest BCUT2D eigenvalue weighted by Gasteiger charge is 2.44. The van der Waals surface area contributed by atoms with Crippen LogP contribution in [0.5, 0.6) is 5.75 Å². The summed E-state index contributed by atoms with van der Waals surface area (Å²) in [6.45, 7) is 7.18. The molecule has 0 saturated carbocycles. The molecule has 1 aliphatic heterocycles. The minimum atomic E-state index is -0.250. The number of nitrogens with two attached hydrogens (primary N) is 1. The van der Waals surface area contributed by atoms with Gasteiger partial charge in [-0.15, -0.1) is 0 Å². The molecule has 1 amide bonds. The highest BCUT2D eigenvalue weighted by Crippen LogP contribution is 2.28. The number of hydrogen-bond donors (Lipinski definition) is 2. The average Bonchev–Trinajstić information content (AvgIpc) is 2.23. The Morgan fingerprint density at radius 3 is 2.56 bits per heavy atom. The Labute approximate surface area is 107 Å². The molecule has 0 spiro atoms. The fourth-order valence-corrected chi connectivity index (χ4v) is 2.23. The van der Waals surface area contributed by atoms with E-state index < -0.39 is 0 Å². The fourth-order valence-electron chi connectivity index (χ4n) is 2.23. The largest absolute Gasteiger partial charge is 0.508 e. The van der Waals surface area contributed by atoms with Crippen molar-refractivity contribution < 1.29 is 9.90 Å². The summed E-state index contributed by atoms with van der Waals surface area (Å²) in [4.78, 5) is 14.0. The normalized spacial score (nSPS) is 17.7. The van der Waals surface area contributed by atoms with E-state index in [0.717, 1.165) is 5.56 Å². The number of amides is 1. The zero-order chi connectivity index (χ0) is 13.5. The molecule has 4 nitrogen and oxygen atoms in total. The number of rotatable bonds is 2. The second-order valence-electron chi connectivity index (χ2n) is 5.55. The summed E-state index contributed by atoms with van der Waals surface area (Å²) in [5.41, 5.74) is 7.36. The first kappa shape index (κ1) is 12.9. The Morgan fingerprint density at radius 1 is 1.44 bits per heavy atom. The van der Waals surface area contributed by atoms with E-state index >= 15 is 0 Å². The van der Waals surface area contributed by atoms with Crippen molar-refractivity contribution in [2.45, 2.75) is 26.3 Å². The van der Waals surface area contributed by atoms with Crippen molar-refractivity contribution in [2.24, 2.45) is 11.7 Å². The molecule has 0 aromatic heterocycles. The van der Waals surface area contributed by atoms with Gasteiger partial charge in [0, 0.05) is 18.7 Å². The molecular weight excluding hydrogens is 228 g/mol. The topological polar surface area (TPSA) is 66.6 Å². The third-order valence-electron chi connectivity index (χ3n) is 3.85. The van der Waals surface area contributed by atoms with Crippen LogP contribution in [-0.2, 0) is 0 Å². The predicted octanol–water partition coefficient (Wildman–Crippen LogP) is 1.51. The number of benzene rings is 1. The van der Waals surface area contributed by atoms with Crippen LogP contribution in [0.4, 0.5) is 0 Å². The minimum absolute atomic E-state index is 0.00535. The summed E-state index contributed by atoms with van der Waals surface area (Å²) in [5, 5.41) is 9.34. The van der Waals surface area contributed by atoms with Crippen LogP contribution in [0.15, 0.2) is 18.2 Å². The number of likely N-dealkylation sites (tertiary alicyclic amines) is 1. The molecule has 98 valence electrons. The second-order valence-corrected chi connectivity index (χ2v) is 5.55. The maximum absolute atomic E-state index is 12.3. The van der Waals surface area contributed by atoms with Crippen LogP contribution in [0.2, 0.25) is 0 Å². The maximum Gasteiger partial charge on any atom is 0.254 e. The molecule has 2 rings (SSSR count). The number of nitrogens with zero attached hydrogens (tertiary/aromatic N) is 1. The van der Waals surface area contributed by atoms with Gasteiger partial charge >= 0.3 is 0 Å². The van der Waals surface area contributed by atoms with Crippen LogP contribution in [0, 0.1) is 12.8 Å². The van der Waals surface area contributed by atoms with Crippen molar-refractivity contribution in [3.8, 4) is 5.75 Å². The molecule has 0 radical (unpaired) electrons. The lowest BCUT2D eigenvalue weighted by atomic mass is 9.80. The summed E-state index contributed by atoms with van der Waals surface area (Å²) < 4.78 is 0. The molecule has 1 saturated heterocycles. The molecule has 0 atom stereocenters. The SMILES string of the molecule is Cc1cc(O)ccc1C(=O)N1CC(N)(C(C)C)C1. The summed E-state index contributed by atoms with van der Waals surface area (Å²) in [6.07, 6.45) is 0. The molecule has 3 N–H and O–H groups in total. The highest BCUT2D eigenvalue weighted by molar-refractivity contribution is 5.96. The van der Waals surface area contributed by atoms with Crippen molar-refractivity contribution in [1.82, 2.24) is 4.90 Å². The van der Waals surface area contributed by atoms with Gasteiger partial charge in [-0.05, 0) is 36.6 Å². The van der Waals surface area contributed by atoms with Crippen LogP contribution in [-0.4, -0.2) is 34.5 Å². The summed E-state index contributed by atoms with van der Waals surface area (Å²) >= 11 is 0. The first-order chi connectivity index (χ1) is 8.33. The zero-order valence-electron chi connectivity index (χ0n) is 11.1. The number of phenolic OH excluding ortho intramolecular Hbond substituents is 1. The lowest BCUT2D eigenvalue weighted by molar-refractivity contribution is 0.0274. The molecule has 1 heterocycles. The van der Waals surface area contributed by atoms with Crippen LogP contribution < -0.4 is 5.73 Å². The number of aromatic hydroxyl groups is 1. The van der Waals surface area contributed by atoms with Gasteiger partial charge in [0.05, 0.1) is 5.54 Å². The van der Waals surface area contributed by atoms with Gasteiger partial charge in [0.15, 0.2) is 0 Å². The number of phenols is 1. The Bertz CT molecular complexity index is 477. The zero-order valence-corrected chi connectivity index (χ0v) is 11.1. The fraction of sp³-hybridized carbons (Fsp3) is 0.500. The number of carbonyl (C=O) groups excluding carboxylic acids is 1. The molecule has 1 aromatic rings. The van der Waals surface area contributed by atoms with E-state index in [1.165, 1.54) is 6.07 Å². The van der Waals surface area contributed by atoms with E-state index in [1.807, 2.05) is 6.92 Å². The van der Waals surface area contributed by atoms with Crippen molar-refractivity contribution in [2.75, 3.05) is 13.1 Å². The third-order valence-corrected chi connectivity index (χ3v) is 3.85. The number of aryl methyl sites for hydroxylation is 1. The molecule has 1 fully saturated rings. The van der Waals surface area contributed by atoms with Crippen LogP contribution >= 0.6 is 0 Å².